The standard InChI is InChI=1S/C18H20FN3O2S/c1-13(15-4-2-3-5-16(15)19)10-17(23)21-18-20-14(12-25-18)11-22-6-8-24-9-7-22/h2-5,10,12H,6-9,11H2,1H3,(H,20,21,23). The fraction of sp³-hybridized carbons (Fsp3) is 0.333. The van der Waals surface area contributed by atoms with Crippen molar-refractivity contribution in [2.24, 2.45) is 0 Å². The Kier molecular flexibility index (Phi) is 5.91. The number of carbonyl (C=O) groups is 1. The van der Waals surface area contributed by atoms with Crippen LogP contribution in [0.3, 0.4) is 0 Å². The van der Waals surface area contributed by atoms with Crippen LogP contribution in [0.2, 0.25) is 0 Å². The summed E-state index contributed by atoms with van der Waals surface area (Å²) in [6.45, 7) is 5.73. The van der Waals surface area contributed by atoms with Crippen molar-refractivity contribution >= 4 is 27.9 Å². The Bertz CT molecular complexity index is 769. The van der Waals surface area contributed by atoms with E-state index in [1.165, 1.54) is 23.5 Å². The highest BCUT2D eigenvalue weighted by Gasteiger charge is 2.13. The summed E-state index contributed by atoms with van der Waals surface area (Å²) in [5, 5.41) is 5.24. The molecule has 1 saturated heterocycles. The van der Waals surface area contributed by atoms with E-state index in [-0.39, 0.29) is 11.7 Å². The molecule has 1 fully saturated rings. The van der Waals surface area contributed by atoms with Crippen LogP contribution in [0, 0.1) is 5.82 Å². The first-order valence-electron chi connectivity index (χ1n) is 8.10. The summed E-state index contributed by atoms with van der Waals surface area (Å²) in [6.07, 6.45) is 1.39. The first-order chi connectivity index (χ1) is 12.1. The first kappa shape index (κ1) is 17.7. The van der Waals surface area contributed by atoms with E-state index in [0.717, 1.165) is 38.5 Å². The lowest BCUT2D eigenvalue weighted by atomic mass is 10.1. The summed E-state index contributed by atoms with van der Waals surface area (Å²) < 4.78 is 19.1. The first-order valence-corrected chi connectivity index (χ1v) is 8.98. The second-order valence-electron chi connectivity index (χ2n) is 5.83. The Morgan fingerprint density at radius 2 is 2.16 bits per heavy atom. The molecule has 0 atom stereocenters. The van der Waals surface area contributed by atoms with Crippen molar-refractivity contribution in [3.8, 4) is 0 Å². The zero-order valence-electron chi connectivity index (χ0n) is 14.0. The monoisotopic (exact) mass is 361 g/mol. The molecule has 0 saturated carbocycles. The molecule has 2 heterocycles. The highest BCUT2D eigenvalue weighted by Crippen LogP contribution is 2.19. The lowest BCUT2D eigenvalue weighted by molar-refractivity contribution is -0.111. The number of nitrogens with zero attached hydrogens (tertiary/aromatic N) is 2. The third kappa shape index (κ3) is 4.94. The summed E-state index contributed by atoms with van der Waals surface area (Å²) in [4.78, 5) is 18.8. The van der Waals surface area contributed by atoms with Gasteiger partial charge >= 0.3 is 0 Å². The zero-order valence-corrected chi connectivity index (χ0v) is 14.8. The van der Waals surface area contributed by atoms with Crippen LogP contribution in [0.5, 0.6) is 0 Å². The number of rotatable bonds is 5. The summed E-state index contributed by atoms with van der Waals surface area (Å²) in [5.74, 6) is -0.654. The van der Waals surface area contributed by atoms with Crippen LogP contribution in [0.4, 0.5) is 9.52 Å². The predicted octanol–water partition coefficient (Wildman–Crippen LogP) is 3.16. The number of benzene rings is 1. The third-order valence-electron chi connectivity index (χ3n) is 3.92. The number of morpholine rings is 1. The zero-order chi connectivity index (χ0) is 17.6. The van der Waals surface area contributed by atoms with Crippen LogP contribution in [-0.4, -0.2) is 42.1 Å². The molecule has 1 aromatic carbocycles. The van der Waals surface area contributed by atoms with Gasteiger partial charge in [-0.05, 0) is 18.6 Å². The van der Waals surface area contributed by atoms with Crippen molar-refractivity contribution in [2.45, 2.75) is 13.5 Å². The molecule has 0 radical (unpaired) electrons. The van der Waals surface area contributed by atoms with Crippen LogP contribution in [0.1, 0.15) is 18.2 Å². The SMILES string of the molecule is CC(=CC(=O)Nc1nc(CN2CCOCC2)cs1)c1ccccc1F. The van der Waals surface area contributed by atoms with E-state index in [4.69, 9.17) is 4.74 Å². The van der Waals surface area contributed by atoms with Crippen molar-refractivity contribution in [1.29, 1.82) is 0 Å². The van der Waals surface area contributed by atoms with Crippen LogP contribution < -0.4 is 5.32 Å². The van der Waals surface area contributed by atoms with Gasteiger partial charge in [0.05, 0.1) is 18.9 Å². The van der Waals surface area contributed by atoms with Crippen LogP contribution in [-0.2, 0) is 16.1 Å². The van der Waals surface area contributed by atoms with Gasteiger partial charge < -0.3 is 4.74 Å². The molecule has 0 unspecified atom stereocenters. The van der Waals surface area contributed by atoms with E-state index in [1.54, 1.807) is 25.1 Å². The number of hydrogen-bond donors (Lipinski definition) is 1. The number of allylic oxidation sites excluding steroid dienone is 1. The molecule has 1 aliphatic heterocycles. The van der Waals surface area contributed by atoms with Gasteiger partial charge in [-0.2, -0.15) is 0 Å². The Labute approximate surface area is 150 Å². The second kappa shape index (κ2) is 8.33. The maximum atomic E-state index is 13.7. The number of amides is 1. The lowest BCUT2D eigenvalue weighted by Gasteiger charge is -2.25. The molecule has 3 rings (SSSR count). The van der Waals surface area contributed by atoms with Gasteiger partial charge in [0.1, 0.15) is 5.82 Å². The molecule has 25 heavy (non-hydrogen) atoms. The number of aromatic nitrogens is 1. The molecule has 1 amide bonds. The Morgan fingerprint density at radius 1 is 1.40 bits per heavy atom. The molecule has 1 N–H and O–H groups in total. The number of hydrogen-bond acceptors (Lipinski definition) is 5. The summed E-state index contributed by atoms with van der Waals surface area (Å²) >= 11 is 1.39. The lowest BCUT2D eigenvalue weighted by Crippen LogP contribution is -2.35. The summed E-state index contributed by atoms with van der Waals surface area (Å²) in [7, 11) is 0. The van der Waals surface area contributed by atoms with Gasteiger partial charge in [-0.25, -0.2) is 9.37 Å². The molecule has 2 aromatic rings. The summed E-state index contributed by atoms with van der Waals surface area (Å²) in [6, 6.07) is 6.39. The van der Waals surface area contributed by atoms with Crippen LogP contribution >= 0.6 is 11.3 Å². The van der Waals surface area contributed by atoms with E-state index in [2.05, 4.69) is 15.2 Å². The molecule has 0 bridgehead atoms. The minimum atomic E-state index is -0.342. The van der Waals surface area contributed by atoms with E-state index in [1.807, 2.05) is 5.38 Å². The number of carbonyl (C=O) groups excluding carboxylic acids is 1. The molecule has 7 heteroatoms. The van der Waals surface area contributed by atoms with Gasteiger partial charge in [0, 0.05) is 36.7 Å². The molecule has 0 aliphatic carbocycles. The summed E-state index contributed by atoms with van der Waals surface area (Å²) in [5.41, 5.74) is 1.92. The fourth-order valence-corrected chi connectivity index (χ4v) is 3.33. The average molecular weight is 361 g/mol. The predicted molar refractivity (Wildman–Crippen MR) is 96.9 cm³/mol. The van der Waals surface area contributed by atoms with Crippen molar-refractivity contribution in [1.82, 2.24) is 9.88 Å². The van der Waals surface area contributed by atoms with E-state index in [9.17, 15) is 9.18 Å². The van der Waals surface area contributed by atoms with Crippen molar-refractivity contribution in [3.05, 3.63) is 52.8 Å². The highest BCUT2D eigenvalue weighted by atomic mass is 32.1. The third-order valence-corrected chi connectivity index (χ3v) is 4.72. The Morgan fingerprint density at radius 3 is 2.92 bits per heavy atom. The number of anilines is 1. The average Bonchev–Trinajstić information content (AvgIpc) is 3.02. The van der Waals surface area contributed by atoms with Gasteiger partial charge in [0.25, 0.3) is 0 Å². The van der Waals surface area contributed by atoms with E-state index >= 15 is 0 Å². The minimum absolute atomic E-state index is 0.312. The van der Waals surface area contributed by atoms with Crippen molar-refractivity contribution in [3.63, 3.8) is 0 Å². The van der Waals surface area contributed by atoms with Crippen LogP contribution in [0.15, 0.2) is 35.7 Å². The second-order valence-corrected chi connectivity index (χ2v) is 6.69. The fourth-order valence-electron chi connectivity index (χ4n) is 2.62. The topological polar surface area (TPSA) is 54.5 Å². The molecule has 1 aliphatic rings. The molecule has 132 valence electrons. The number of nitrogens with one attached hydrogen (secondary N) is 1. The minimum Gasteiger partial charge on any atom is -0.379 e. The van der Waals surface area contributed by atoms with Crippen molar-refractivity contribution < 1.29 is 13.9 Å². The van der Waals surface area contributed by atoms with Gasteiger partial charge in [-0.3, -0.25) is 15.0 Å². The molecular formula is C18H20FN3O2S. The maximum Gasteiger partial charge on any atom is 0.250 e. The Hall–Kier alpha value is -2.09. The van der Waals surface area contributed by atoms with E-state index < -0.39 is 0 Å². The van der Waals surface area contributed by atoms with Gasteiger partial charge in [0.15, 0.2) is 5.13 Å². The molecule has 0 spiro atoms. The Balaban J connectivity index is 1.59. The highest BCUT2D eigenvalue weighted by molar-refractivity contribution is 7.13. The largest absolute Gasteiger partial charge is 0.379 e. The molecule has 1 aromatic heterocycles. The van der Waals surface area contributed by atoms with Gasteiger partial charge in [-0.1, -0.05) is 18.2 Å². The van der Waals surface area contributed by atoms with Crippen molar-refractivity contribution in [2.75, 3.05) is 31.6 Å². The van der Waals surface area contributed by atoms with Gasteiger partial charge in [-0.15, -0.1) is 11.3 Å². The number of thiazole rings is 1. The quantitative estimate of drug-likeness (QED) is 0.831. The normalized spacial score (nSPS) is 16.0. The smallest absolute Gasteiger partial charge is 0.250 e. The van der Waals surface area contributed by atoms with E-state index in [0.29, 0.717) is 16.3 Å². The number of ether oxygens (including phenoxy) is 1. The van der Waals surface area contributed by atoms with Gasteiger partial charge in [0.2, 0.25) is 5.91 Å². The maximum absolute atomic E-state index is 13.7. The van der Waals surface area contributed by atoms with Crippen LogP contribution in [0.25, 0.3) is 5.57 Å². The molecule has 5 nitrogen and oxygen atoms in total. The molecular weight excluding hydrogens is 341 g/mol. The number of halogens is 1.